The Balaban J connectivity index is 1.58. The average molecular weight is 407 g/mol. The topological polar surface area (TPSA) is 53.4 Å². The van der Waals surface area contributed by atoms with E-state index in [1.807, 2.05) is 43.3 Å². The van der Waals surface area contributed by atoms with Gasteiger partial charge < -0.3 is 9.47 Å². The van der Waals surface area contributed by atoms with Gasteiger partial charge in [0.2, 0.25) is 0 Å². The zero-order valence-electron chi connectivity index (χ0n) is 16.4. The number of ether oxygens (including phenoxy) is 2. The van der Waals surface area contributed by atoms with E-state index in [1.54, 1.807) is 29.5 Å². The summed E-state index contributed by atoms with van der Waals surface area (Å²) in [6.45, 7) is 2.05. The van der Waals surface area contributed by atoms with Gasteiger partial charge in [-0.25, -0.2) is 3.96 Å². The summed E-state index contributed by atoms with van der Waals surface area (Å²) < 4.78 is 14.2. The molecule has 0 saturated heterocycles. The Morgan fingerprint density at radius 1 is 1.10 bits per heavy atom. The molecule has 0 N–H and O–H groups in total. The number of hydrogen-bond acceptors (Lipinski definition) is 5. The number of fused-ring (bicyclic) bond motifs is 1. The van der Waals surface area contributed by atoms with Crippen molar-refractivity contribution in [2.24, 2.45) is 0 Å². The fourth-order valence-corrected chi connectivity index (χ4v) is 4.18. The zero-order chi connectivity index (χ0) is 20.2. The van der Waals surface area contributed by atoms with Crippen LogP contribution in [0.1, 0.15) is 18.9 Å². The predicted molar refractivity (Wildman–Crippen MR) is 117 cm³/mol. The van der Waals surface area contributed by atoms with Crippen molar-refractivity contribution in [3.63, 3.8) is 0 Å². The Labute approximate surface area is 173 Å². The number of pyridine rings is 1. The molecule has 0 saturated carbocycles. The highest BCUT2D eigenvalue weighted by atomic mass is 32.1. The summed E-state index contributed by atoms with van der Waals surface area (Å²) in [7, 11) is 1.62. The summed E-state index contributed by atoms with van der Waals surface area (Å²) in [5.74, 6) is 1.28. The number of aryl methyl sites for hydroxylation is 1. The van der Waals surface area contributed by atoms with Gasteiger partial charge in [-0.1, -0.05) is 30.3 Å². The van der Waals surface area contributed by atoms with E-state index in [4.69, 9.17) is 9.47 Å². The van der Waals surface area contributed by atoms with E-state index < -0.39 is 0 Å². The molecule has 0 amide bonds. The summed E-state index contributed by atoms with van der Waals surface area (Å²) >= 11 is 1.37. The Kier molecular flexibility index (Phi) is 5.62. The average Bonchev–Trinajstić information content (AvgIpc) is 3.10. The van der Waals surface area contributed by atoms with Crippen LogP contribution in [0, 0.1) is 0 Å². The number of rotatable bonds is 7. The maximum atomic E-state index is 12.7. The first-order valence-corrected chi connectivity index (χ1v) is 10.3. The number of hydrogen-bond donors (Lipinski definition) is 0. The summed E-state index contributed by atoms with van der Waals surface area (Å²) in [6.07, 6.45) is 5.17. The largest absolute Gasteiger partial charge is 0.493 e. The Bertz CT molecular complexity index is 1170. The van der Waals surface area contributed by atoms with Gasteiger partial charge in [0.25, 0.3) is 5.56 Å². The molecule has 1 atom stereocenters. The fourth-order valence-electron chi connectivity index (χ4n) is 3.22. The zero-order valence-corrected chi connectivity index (χ0v) is 17.2. The van der Waals surface area contributed by atoms with Crippen LogP contribution in [-0.2, 0) is 6.42 Å². The molecule has 2 aromatic heterocycles. The highest BCUT2D eigenvalue weighted by Crippen LogP contribution is 2.32. The summed E-state index contributed by atoms with van der Waals surface area (Å²) in [5, 5.41) is 0.666. The number of aromatic nitrogens is 2. The first-order valence-electron chi connectivity index (χ1n) is 9.51. The van der Waals surface area contributed by atoms with Crippen LogP contribution in [0.3, 0.4) is 0 Å². The van der Waals surface area contributed by atoms with Crippen LogP contribution in [0.5, 0.6) is 11.5 Å². The van der Waals surface area contributed by atoms with Gasteiger partial charge in [0.15, 0.2) is 11.5 Å². The second-order valence-corrected chi connectivity index (χ2v) is 7.84. The minimum atomic E-state index is -0.0550. The van der Waals surface area contributed by atoms with Crippen molar-refractivity contribution in [1.82, 2.24) is 8.94 Å². The molecule has 148 valence electrons. The summed E-state index contributed by atoms with van der Waals surface area (Å²) in [5.41, 5.74) is 1.98. The molecule has 2 aromatic carbocycles. The van der Waals surface area contributed by atoms with Crippen molar-refractivity contribution in [1.29, 1.82) is 0 Å². The molecule has 0 spiro atoms. The molecule has 2 heterocycles. The van der Waals surface area contributed by atoms with Crippen LogP contribution in [0.25, 0.3) is 15.8 Å². The molecule has 0 aliphatic carbocycles. The molecule has 5 nitrogen and oxygen atoms in total. The van der Waals surface area contributed by atoms with E-state index >= 15 is 0 Å². The molecule has 0 bridgehead atoms. The SMILES string of the molecule is COc1ccc(-n2sc3cnccc3c2=O)cc1OC(C)CCc1ccccc1. The van der Waals surface area contributed by atoms with E-state index in [1.165, 1.54) is 17.1 Å². The lowest BCUT2D eigenvalue weighted by Crippen LogP contribution is -2.15. The lowest BCUT2D eigenvalue weighted by atomic mass is 10.1. The second kappa shape index (κ2) is 8.49. The van der Waals surface area contributed by atoms with Crippen molar-refractivity contribution < 1.29 is 9.47 Å². The van der Waals surface area contributed by atoms with Gasteiger partial charge in [-0.05, 0) is 55.1 Å². The maximum absolute atomic E-state index is 12.7. The molecule has 0 radical (unpaired) electrons. The summed E-state index contributed by atoms with van der Waals surface area (Å²) in [6, 6.07) is 17.7. The van der Waals surface area contributed by atoms with Crippen molar-refractivity contribution in [2.45, 2.75) is 25.9 Å². The fraction of sp³-hybridized carbons (Fsp3) is 0.217. The monoisotopic (exact) mass is 406 g/mol. The van der Waals surface area contributed by atoms with Crippen LogP contribution in [-0.4, -0.2) is 22.2 Å². The van der Waals surface area contributed by atoms with Crippen molar-refractivity contribution in [2.75, 3.05) is 7.11 Å². The van der Waals surface area contributed by atoms with Gasteiger partial charge >= 0.3 is 0 Å². The maximum Gasteiger partial charge on any atom is 0.273 e. The molecule has 0 fully saturated rings. The van der Waals surface area contributed by atoms with Gasteiger partial charge in [-0.15, -0.1) is 0 Å². The van der Waals surface area contributed by atoms with Gasteiger partial charge in [0, 0.05) is 18.5 Å². The van der Waals surface area contributed by atoms with Crippen LogP contribution < -0.4 is 15.0 Å². The highest BCUT2D eigenvalue weighted by molar-refractivity contribution is 7.14. The minimum absolute atomic E-state index is 0.00249. The Morgan fingerprint density at radius 3 is 2.69 bits per heavy atom. The minimum Gasteiger partial charge on any atom is -0.493 e. The lowest BCUT2D eigenvalue weighted by molar-refractivity contribution is 0.202. The van der Waals surface area contributed by atoms with Crippen molar-refractivity contribution in [3.05, 3.63) is 82.9 Å². The second-order valence-electron chi connectivity index (χ2n) is 6.85. The van der Waals surface area contributed by atoms with Crippen molar-refractivity contribution >= 4 is 21.6 Å². The van der Waals surface area contributed by atoms with Crippen LogP contribution >= 0.6 is 11.5 Å². The quantitative estimate of drug-likeness (QED) is 0.440. The van der Waals surface area contributed by atoms with Gasteiger partial charge in [-0.2, -0.15) is 0 Å². The van der Waals surface area contributed by atoms with E-state index in [-0.39, 0.29) is 11.7 Å². The first-order chi connectivity index (χ1) is 14.2. The molecule has 1 unspecified atom stereocenters. The van der Waals surface area contributed by atoms with E-state index in [0.29, 0.717) is 16.9 Å². The molecule has 6 heteroatoms. The lowest BCUT2D eigenvalue weighted by Gasteiger charge is -2.18. The predicted octanol–water partition coefficient (Wildman–Crippen LogP) is 4.86. The smallest absolute Gasteiger partial charge is 0.273 e. The normalized spacial score (nSPS) is 12.1. The standard InChI is InChI=1S/C23H22N2O3S/c1-16(8-9-17-6-4-3-5-7-17)28-21-14-18(10-11-20(21)27-2)25-23(26)19-12-13-24-15-22(19)29-25/h3-7,10-16H,8-9H2,1-2H3. The molecule has 4 aromatic rings. The molecular formula is C23H22N2O3S. The van der Waals surface area contributed by atoms with E-state index in [2.05, 4.69) is 17.1 Å². The molecular weight excluding hydrogens is 384 g/mol. The van der Waals surface area contributed by atoms with Crippen LogP contribution in [0.15, 0.2) is 71.8 Å². The third kappa shape index (κ3) is 4.17. The van der Waals surface area contributed by atoms with E-state index in [9.17, 15) is 4.79 Å². The molecule has 4 rings (SSSR count). The third-order valence-corrected chi connectivity index (χ3v) is 5.86. The summed E-state index contributed by atoms with van der Waals surface area (Å²) in [4.78, 5) is 16.9. The molecule has 0 aliphatic heterocycles. The Morgan fingerprint density at radius 2 is 1.93 bits per heavy atom. The van der Waals surface area contributed by atoms with E-state index in [0.717, 1.165) is 23.2 Å². The molecule has 0 aliphatic rings. The van der Waals surface area contributed by atoms with Gasteiger partial charge in [-0.3, -0.25) is 9.78 Å². The Hall–Kier alpha value is -3.12. The number of benzene rings is 2. The van der Waals surface area contributed by atoms with Crippen molar-refractivity contribution in [3.8, 4) is 17.2 Å². The van der Waals surface area contributed by atoms with Gasteiger partial charge in [0.1, 0.15) is 0 Å². The number of nitrogens with zero attached hydrogens (tertiary/aromatic N) is 2. The first kappa shape index (κ1) is 19.2. The van der Waals surface area contributed by atoms with Crippen LogP contribution in [0.4, 0.5) is 0 Å². The van der Waals surface area contributed by atoms with Gasteiger partial charge in [0.05, 0.1) is 29.0 Å². The van der Waals surface area contributed by atoms with Crippen LogP contribution in [0.2, 0.25) is 0 Å². The third-order valence-electron chi connectivity index (χ3n) is 4.78. The number of methoxy groups -OCH3 is 1. The molecule has 29 heavy (non-hydrogen) atoms. The highest BCUT2D eigenvalue weighted by Gasteiger charge is 2.14.